The second kappa shape index (κ2) is 7.05. The van der Waals surface area contributed by atoms with Crippen molar-refractivity contribution in [2.24, 2.45) is 9.98 Å². The lowest BCUT2D eigenvalue weighted by Gasteiger charge is -2.05. The highest BCUT2D eigenvalue weighted by molar-refractivity contribution is 7.19. The van der Waals surface area contributed by atoms with Crippen LogP contribution in [0.2, 0.25) is 0 Å². The summed E-state index contributed by atoms with van der Waals surface area (Å²) in [6, 6.07) is 5.47. The van der Waals surface area contributed by atoms with Crippen molar-refractivity contribution in [2.45, 2.75) is 6.92 Å². The van der Waals surface area contributed by atoms with Crippen LogP contribution in [0.5, 0.6) is 0 Å². The summed E-state index contributed by atoms with van der Waals surface area (Å²) in [5.74, 6) is 0.111. The molecule has 0 spiro atoms. The fraction of sp³-hybridized carbons (Fsp3) is 0.105. The second-order valence-electron chi connectivity index (χ2n) is 5.72. The van der Waals surface area contributed by atoms with Gasteiger partial charge in [0.15, 0.2) is 5.84 Å². The normalized spacial score (nSPS) is 11.9. The summed E-state index contributed by atoms with van der Waals surface area (Å²) in [5, 5.41) is 3.71. The van der Waals surface area contributed by atoms with Crippen LogP contribution in [0.15, 0.2) is 46.0 Å². The number of thiazole rings is 1. The molecule has 0 amide bonds. The largest absolute Gasteiger partial charge is 0.268 e. The molecule has 0 radical (unpaired) electrons. The van der Waals surface area contributed by atoms with Crippen LogP contribution in [0, 0.1) is 12.7 Å². The maximum Gasteiger partial charge on any atom is 0.173 e. The first-order valence-corrected chi connectivity index (χ1v) is 9.71. The van der Waals surface area contributed by atoms with Crippen LogP contribution in [0.3, 0.4) is 0 Å². The van der Waals surface area contributed by atoms with Gasteiger partial charge in [-0.15, -0.1) is 22.7 Å². The van der Waals surface area contributed by atoms with E-state index < -0.39 is 0 Å². The lowest BCUT2D eigenvalue weighted by Crippen LogP contribution is -2.02. The van der Waals surface area contributed by atoms with Gasteiger partial charge in [0.05, 0.1) is 22.5 Å². The van der Waals surface area contributed by atoms with E-state index in [2.05, 4.69) is 26.7 Å². The zero-order valence-corrected chi connectivity index (χ0v) is 16.2. The Morgan fingerprint density at radius 2 is 2.07 bits per heavy atom. The Kier molecular flexibility index (Phi) is 4.59. The van der Waals surface area contributed by atoms with E-state index in [1.807, 2.05) is 24.4 Å². The summed E-state index contributed by atoms with van der Waals surface area (Å²) in [7, 11) is 1.67. The Balaban J connectivity index is 1.89. The van der Waals surface area contributed by atoms with Crippen LogP contribution >= 0.6 is 22.7 Å². The molecule has 0 atom stereocenters. The van der Waals surface area contributed by atoms with Crippen LogP contribution in [0.25, 0.3) is 31.2 Å². The number of aryl methyl sites for hydroxylation is 1. The van der Waals surface area contributed by atoms with Gasteiger partial charge in [0.1, 0.15) is 16.5 Å². The third kappa shape index (κ3) is 3.17. The predicted octanol–water partition coefficient (Wildman–Crippen LogP) is 5.01. The molecule has 134 valence electrons. The van der Waals surface area contributed by atoms with Crippen molar-refractivity contribution < 1.29 is 4.39 Å². The molecule has 4 heterocycles. The van der Waals surface area contributed by atoms with Crippen molar-refractivity contribution in [3.8, 4) is 21.1 Å². The standard InChI is InChI=1S/C19H14FN5S2/c1-10-17(27-19(24-10)11-6-12(20)9-23-8-11)14-7-15-13(4-5-26-15)16(25-14)18(21-2)22-3/h4-9H,2H2,1,3H3. The molecule has 0 saturated carbocycles. The van der Waals surface area contributed by atoms with Gasteiger partial charge in [-0.25, -0.2) is 19.4 Å². The summed E-state index contributed by atoms with van der Waals surface area (Å²) in [4.78, 5) is 22.4. The number of nitrogens with zero attached hydrogens (tertiary/aromatic N) is 5. The molecule has 0 bridgehead atoms. The van der Waals surface area contributed by atoms with Crippen LogP contribution in [-0.2, 0) is 0 Å². The summed E-state index contributed by atoms with van der Waals surface area (Å²) in [6.45, 7) is 5.52. The van der Waals surface area contributed by atoms with Gasteiger partial charge in [-0.3, -0.25) is 9.98 Å². The third-order valence-corrected chi connectivity index (χ3v) is 6.10. The first kappa shape index (κ1) is 17.6. The van der Waals surface area contributed by atoms with E-state index in [4.69, 9.17) is 4.98 Å². The zero-order chi connectivity index (χ0) is 19.0. The van der Waals surface area contributed by atoms with Crippen LogP contribution in [-0.4, -0.2) is 34.6 Å². The summed E-state index contributed by atoms with van der Waals surface area (Å²) in [6.07, 6.45) is 2.78. The van der Waals surface area contributed by atoms with Crippen LogP contribution in [0.4, 0.5) is 4.39 Å². The molecule has 0 aliphatic carbocycles. The number of aliphatic imine (C=N–C) groups is 2. The first-order valence-electron chi connectivity index (χ1n) is 8.01. The quantitative estimate of drug-likeness (QED) is 0.362. The molecule has 0 unspecified atom stereocenters. The summed E-state index contributed by atoms with van der Waals surface area (Å²) in [5.41, 5.74) is 2.96. The molecule has 4 rings (SSSR count). The van der Waals surface area contributed by atoms with Crippen molar-refractivity contribution >= 4 is 45.3 Å². The van der Waals surface area contributed by atoms with Gasteiger partial charge in [0.2, 0.25) is 0 Å². The molecular formula is C19H14FN5S2. The van der Waals surface area contributed by atoms with E-state index in [-0.39, 0.29) is 5.82 Å². The molecule has 0 aliphatic heterocycles. The molecule has 0 saturated heterocycles. The molecule has 0 N–H and O–H groups in total. The smallest absolute Gasteiger partial charge is 0.173 e. The lowest BCUT2D eigenvalue weighted by atomic mass is 10.2. The molecule has 4 aromatic heterocycles. The number of fused-ring (bicyclic) bond motifs is 1. The molecule has 5 nitrogen and oxygen atoms in total. The predicted molar refractivity (Wildman–Crippen MR) is 111 cm³/mol. The van der Waals surface area contributed by atoms with Gasteiger partial charge in [-0.2, -0.15) is 0 Å². The maximum absolute atomic E-state index is 13.5. The third-order valence-electron chi connectivity index (χ3n) is 4.00. The topological polar surface area (TPSA) is 63.4 Å². The molecule has 0 aliphatic rings. The summed E-state index contributed by atoms with van der Waals surface area (Å²) < 4.78 is 14.6. The van der Waals surface area contributed by atoms with Gasteiger partial charge < -0.3 is 0 Å². The van der Waals surface area contributed by atoms with E-state index in [1.165, 1.54) is 23.6 Å². The number of hydrogen-bond acceptors (Lipinski definition) is 6. The minimum absolute atomic E-state index is 0.386. The Bertz CT molecular complexity index is 1190. The van der Waals surface area contributed by atoms with Crippen LogP contribution < -0.4 is 0 Å². The Morgan fingerprint density at radius 1 is 1.22 bits per heavy atom. The number of hydrogen-bond donors (Lipinski definition) is 0. The first-order chi connectivity index (χ1) is 13.1. The van der Waals surface area contributed by atoms with E-state index in [1.54, 1.807) is 24.6 Å². The second-order valence-corrected chi connectivity index (χ2v) is 7.67. The molecular weight excluding hydrogens is 381 g/mol. The van der Waals surface area contributed by atoms with Gasteiger partial charge in [-0.1, -0.05) is 0 Å². The van der Waals surface area contributed by atoms with Crippen molar-refractivity contribution in [3.05, 3.63) is 53.2 Å². The number of pyridine rings is 2. The van der Waals surface area contributed by atoms with Crippen molar-refractivity contribution in [3.63, 3.8) is 0 Å². The SMILES string of the molecule is C=NC(=NC)c1nc(-c2sc(-c3cncc(F)c3)nc2C)cc2sccc12. The van der Waals surface area contributed by atoms with Crippen molar-refractivity contribution in [2.75, 3.05) is 7.05 Å². The number of amidine groups is 1. The Labute approximate surface area is 163 Å². The fourth-order valence-electron chi connectivity index (χ4n) is 2.79. The monoisotopic (exact) mass is 395 g/mol. The average Bonchev–Trinajstić information content (AvgIpc) is 3.29. The van der Waals surface area contributed by atoms with E-state index in [0.717, 1.165) is 26.4 Å². The van der Waals surface area contributed by atoms with E-state index in [0.29, 0.717) is 22.1 Å². The molecule has 0 fully saturated rings. The van der Waals surface area contributed by atoms with Gasteiger partial charge >= 0.3 is 0 Å². The van der Waals surface area contributed by atoms with Gasteiger partial charge in [0.25, 0.3) is 0 Å². The van der Waals surface area contributed by atoms with Crippen molar-refractivity contribution in [1.29, 1.82) is 0 Å². The molecule has 0 aromatic carbocycles. The highest BCUT2D eigenvalue weighted by atomic mass is 32.1. The minimum Gasteiger partial charge on any atom is -0.268 e. The Hall–Kier alpha value is -2.84. The minimum atomic E-state index is -0.386. The molecule has 4 aromatic rings. The Morgan fingerprint density at radius 3 is 2.81 bits per heavy atom. The zero-order valence-electron chi connectivity index (χ0n) is 14.6. The summed E-state index contributed by atoms with van der Waals surface area (Å²) >= 11 is 3.09. The fourth-order valence-corrected chi connectivity index (χ4v) is 4.62. The number of halogens is 1. The van der Waals surface area contributed by atoms with E-state index >= 15 is 0 Å². The molecule has 27 heavy (non-hydrogen) atoms. The highest BCUT2D eigenvalue weighted by Crippen LogP contribution is 2.37. The van der Waals surface area contributed by atoms with Gasteiger partial charge in [-0.05, 0) is 37.2 Å². The van der Waals surface area contributed by atoms with Gasteiger partial charge in [0, 0.05) is 28.9 Å². The van der Waals surface area contributed by atoms with Crippen LogP contribution in [0.1, 0.15) is 11.4 Å². The van der Waals surface area contributed by atoms with Crippen molar-refractivity contribution in [1.82, 2.24) is 15.0 Å². The average molecular weight is 395 g/mol. The molecule has 8 heteroatoms. The van der Waals surface area contributed by atoms with E-state index in [9.17, 15) is 4.39 Å². The number of aromatic nitrogens is 3. The lowest BCUT2D eigenvalue weighted by molar-refractivity contribution is 0.622. The number of thiophene rings is 1. The highest BCUT2D eigenvalue weighted by Gasteiger charge is 2.17. The maximum atomic E-state index is 13.5. The number of rotatable bonds is 3.